The molecular weight excluding hydrogens is 345 g/mol. The summed E-state index contributed by atoms with van der Waals surface area (Å²) >= 11 is 12.5. The van der Waals surface area contributed by atoms with Crippen LogP contribution >= 0.6 is 23.2 Å². The summed E-state index contributed by atoms with van der Waals surface area (Å²) in [5.41, 5.74) is 2.72. The number of fused-ring (bicyclic) bond motifs is 1. The van der Waals surface area contributed by atoms with Crippen LogP contribution in [-0.4, -0.2) is 10.8 Å². The zero-order valence-corrected chi connectivity index (χ0v) is 14.8. The molecule has 3 rings (SSSR count). The normalized spacial score (nSPS) is 10.8. The van der Waals surface area contributed by atoms with E-state index in [-0.39, 0.29) is 12.4 Å². The molecule has 0 unspecified atom stereocenters. The molecule has 3 nitrogen and oxygen atoms in total. The third kappa shape index (κ3) is 3.23. The number of aryl methyl sites for hydroxylation is 1. The van der Waals surface area contributed by atoms with Gasteiger partial charge in [0, 0.05) is 27.2 Å². The largest absolute Gasteiger partial charge is 0.487 e. The van der Waals surface area contributed by atoms with Crippen LogP contribution in [0.2, 0.25) is 10.0 Å². The van der Waals surface area contributed by atoms with Crippen molar-refractivity contribution in [2.45, 2.75) is 20.5 Å². The van der Waals surface area contributed by atoms with Crippen molar-refractivity contribution in [2.75, 3.05) is 0 Å². The molecule has 3 aromatic rings. The molecule has 0 aliphatic heterocycles. The molecule has 1 heterocycles. The second-order valence-corrected chi connectivity index (χ2v) is 6.30. The first-order valence-electron chi connectivity index (χ1n) is 7.44. The molecule has 0 fully saturated rings. The number of hydrogen-bond donors (Lipinski definition) is 0. The molecule has 0 radical (unpaired) electrons. The average molecular weight is 360 g/mol. The predicted molar refractivity (Wildman–Crippen MR) is 97.3 cm³/mol. The SMILES string of the molecule is CC(=O)c1ccc(Cl)c(COc2cccc3ccc(C)nc23)c1Cl. The molecule has 5 heteroatoms. The van der Waals surface area contributed by atoms with Crippen LogP contribution in [0.5, 0.6) is 5.75 Å². The standard InChI is InChI=1S/C19H15Cl2NO2/c1-11-6-7-13-4-3-5-17(19(13)22-11)24-10-15-16(20)9-8-14(12(2)23)18(15)21/h3-9H,10H2,1-2H3. The average Bonchev–Trinajstić information content (AvgIpc) is 2.54. The number of halogens is 2. The van der Waals surface area contributed by atoms with E-state index >= 15 is 0 Å². The summed E-state index contributed by atoms with van der Waals surface area (Å²) < 4.78 is 5.91. The van der Waals surface area contributed by atoms with Crippen LogP contribution in [0.15, 0.2) is 42.5 Å². The molecule has 2 aromatic carbocycles. The maximum absolute atomic E-state index is 11.6. The lowest BCUT2D eigenvalue weighted by molar-refractivity contribution is 0.101. The number of carbonyl (C=O) groups excluding carboxylic acids is 1. The number of carbonyl (C=O) groups is 1. The maximum atomic E-state index is 11.6. The molecule has 1 aromatic heterocycles. The molecule has 0 saturated heterocycles. The first kappa shape index (κ1) is 16.7. The van der Waals surface area contributed by atoms with Crippen molar-refractivity contribution in [3.05, 3.63) is 69.3 Å². The van der Waals surface area contributed by atoms with Gasteiger partial charge in [-0.2, -0.15) is 0 Å². The lowest BCUT2D eigenvalue weighted by Gasteiger charge is -2.13. The van der Waals surface area contributed by atoms with E-state index in [9.17, 15) is 4.79 Å². The molecule has 122 valence electrons. The Bertz CT molecular complexity index is 938. The second kappa shape index (κ2) is 6.80. The van der Waals surface area contributed by atoms with E-state index in [0.717, 1.165) is 16.6 Å². The first-order valence-corrected chi connectivity index (χ1v) is 8.20. The van der Waals surface area contributed by atoms with Crippen LogP contribution in [0.25, 0.3) is 10.9 Å². The number of ether oxygens (including phenoxy) is 1. The minimum atomic E-state index is -0.111. The van der Waals surface area contributed by atoms with Crippen LogP contribution in [0, 0.1) is 6.92 Å². The van der Waals surface area contributed by atoms with Crippen molar-refractivity contribution in [2.24, 2.45) is 0 Å². The quantitative estimate of drug-likeness (QED) is 0.566. The van der Waals surface area contributed by atoms with E-state index < -0.39 is 0 Å². The van der Waals surface area contributed by atoms with Crippen LogP contribution < -0.4 is 4.74 Å². The number of ketones is 1. The van der Waals surface area contributed by atoms with Gasteiger partial charge in [-0.1, -0.05) is 41.4 Å². The number of benzene rings is 2. The molecule has 0 spiro atoms. The fourth-order valence-corrected chi connectivity index (χ4v) is 3.10. The number of hydrogen-bond acceptors (Lipinski definition) is 3. The Labute approximate surface area is 150 Å². The van der Waals surface area contributed by atoms with Crippen molar-refractivity contribution in [3.63, 3.8) is 0 Å². The lowest BCUT2D eigenvalue weighted by Crippen LogP contribution is -2.03. The summed E-state index contributed by atoms with van der Waals surface area (Å²) in [7, 11) is 0. The molecule has 0 aliphatic carbocycles. The summed E-state index contributed by atoms with van der Waals surface area (Å²) in [5.74, 6) is 0.539. The summed E-state index contributed by atoms with van der Waals surface area (Å²) in [6.07, 6.45) is 0. The van der Waals surface area contributed by atoms with E-state index in [2.05, 4.69) is 4.98 Å². The fraction of sp³-hybridized carbons (Fsp3) is 0.158. The third-order valence-corrected chi connectivity index (χ3v) is 4.55. The molecule has 0 amide bonds. The van der Waals surface area contributed by atoms with Gasteiger partial charge >= 0.3 is 0 Å². The summed E-state index contributed by atoms with van der Waals surface area (Å²) in [5, 5.41) is 1.79. The van der Waals surface area contributed by atoms with Crippen LogP contribution in [0.4, 0.5) is 0 Å². The van der Waals surface area contributed by atoms with Gasteiger partial charge in [0.15, 0.2) is 5.78 Å². The van der Waals surface area contributed by atoms with Crippen molar-refractivity contribution < 1.29 is 9.53 Å². The topological polar surface area (TPSA) is 39.2 Å². The molecular formula is C19H15Cl2NO2. The molecule has 0 aliphatic rings. The Morgan fingerprint density at radius 1 is 1.12 bits per heavy atom. The number of aromatic nitrogens is 1. The van der Waals surface area contributed by atoms with Gasteiger partial charge in [0.05, 0.1) is 5.02 Å². The van der Waals surface area contributed by atoms with Gasteiger partial charge in [0.1, 0.15) is 17.9 Å². The Hall–Kier alpha value is -2.10. The smallest absolute Gasteiger partial charge is 0.161 e. The highest BCUT2D eigenvalue weighted by atomic mass is 35.5. The van der Waals surface area contributed by atoms with Crippen LogP contribution in [-0.2, 0) is 6.61 Å². The predicted octanol–water partition coefficient (Wildman–Crippen LogP) is 5.63. The summed E-state index contributed by atoms with van der Waals surface area (Å²) in [6, 6.07) is 13.0. The minimum Gasteiger partial charge on any atom is -0.487 e. The zero-order chi connectivity index (χ0) is 17.3. The summed E-state index contributed by atoms with van der Waals surface area (Å²) in [6.45, 7) is 3.56. The van der Waals surface area contributed by atoms with E-state index in [0.29, 0.717) is 26.9 Å². The van der Waals surface area contributed by atoms with E-state index in [1.807, 2.05) is 37.3 Å². The van der Waals surface area contributed by atoms with Gasteiger partial charge in [-0.3, -0.25) is 4.79 Å². The second-order valence-electron chi connectivity index (χ2n) is 5.51. The van der Waals surface area contributed by atoms with Gasteiger partial charge in [-0.05, 0) is 38.1 Å². The number of rotatable bonds is 4. The van der Waals surface area contributed by atoms with Crippen LogP contribution in [0.1, 0.15) is 28.5 Å². The zero-order valence-electron chi connectivity index (χ0n) is 13.3. The Morgan fingerprint density at radius 3 is 2.67 bits per heavy atom. The fourth-order valence-electron chi connectivity index (χ4n) is 2.49. The van der Waals surface area contributed by atoms with Gasteiger partial charge in [0.25, 0.3) is 0 Å². The van der Waals surface area contributed by atoms with Crippen molar-refractivity contribution >= 4 is 39.9 Å². The van der Waals surface area contributed by atoms with Gasteiger partial charge < -0.3 is 4.74 Å². The van der Waals surface area contributed by atoms with Crippen molar-refractivity contribution in [1.82, 2.24) is 4.98 Å². The van der Waals surface area contributed by atoms with E-state index in [4.69, 9.17) is 27.9 Å². The summed E-state index contributed by atoms with van der Waals surface area (Å²) in [4.78, 5) is 16.2. The molecule has 0 bridgehead atoms. The molecule has 0 N–H and O–H groups in total. The Balaban J connectivity index is 1.96. The monoisotopic (exact) mass is 359 g/mol. The highest BCUT2D eigenvalue weighted by Crippen LogP contribution is 2.31. The van der Waals surface area contributed by atoms with Gasteiger partial charge in [-0.25, -0.2) is 4.98 Å². The van der Waals surface area contributed by atoms with Gasteiger partial charge in [0.2, 0.25) is 0 Å². The molecule has 0 saturated carbocycles. The minimum absolute atomic E-state index is 0.111. The Kier molecular flexibility index (Phi) is 4.74. The molecule has 0 atom stereocenters. The number of para-hydroxylation sites is 1. The van der Waals surface area contributed by atoms with Gasteiger partial charge in [-0.15, -0.1) is 0 Å². The number of Topliss-reactive ketones (excluding diaryl/α,β-unsaturated/α-hetero) is 1. The van der Waals surface area contributed by atoms with Crippen LogP contribution in [0.3, 0.4) is 0 Å². The lowest BCUT2D eigenvalue weighted by atomic mass is 10.1. The van der Waals surface area contributed by atoms with E-state index in [1.165, 1.54) is 6.92 Å². The third-order valence-electron chi connectivity index (χ3n) is 3.76. The Morgan fingerprint density at radius 2 is 1.92 bits per heavy atom. The van der Waals surface area contributed by atoms with Crippen molar-refractivity contribution in [1.29, 1.82) is 0 Å². The highest BCUT2D eigenvalue weighted by molar-refractivity contribution is 6.38. The molecule has 24 heavy (non-hydrogen) atoms. The first-order chi connectivity index (χ1) is 11.5. The van der Waals surface area contributed by atoms with E-state index in [1.54, 1.807) is 12.1 Å². The van der Waals surface area contributed by atoms with Crippen molar-refractivity contribution in [3.8, 4) is 5.75 Å². The maximum Gasteiger partial charge on any atom is 0.161 e. The number of nitrogens with zero attached hydrogens (tertiary/aromatic N) is 1. The number of pyridine rings is 1. The highest BCUT2D eigenvalue weighted by Gasteiger charge is 2.15.